The van der Waals surface area contributed by atoms with Gasteiger partial charge in [0.25, 0.3) is 0 Å². The van der Waals surface area contributed by atoms with Crippen molar-refractivity contribution < 1.29 is 54.4 Å². The summed E-state index contributed by atoms with van der Waals surface area (Å²) in [6, 6.07) is 36.3. The molecule has 260 valence electrons. The van der Waals surface area contributed by atoms with E-state index in [-0.39, 0.29) is 28.7 Å². The molecule has 0 N–H and O–H groups in total. The van der Waals surface area contributed by atoms with Crippen LogP contribution in [-0.2, 0) is 27.3 Å². The molecule has 0 aliphatic carbocycles. The summed E-state index contributed by atoms with van der Waals surface area (Å²) in [5, 5.41) is 0. The minimum Gasteiger partial charge on any atom is -0.395 e. The van der Waals surface area contributed by atoms with Crippen LogP contribution >= 0.6 is 23.5 Å². The molecule has 3 atom stereocenters. The highest BCUT2D eigenvalue weighted by atomic mass is 31.2. The van der Waals surface area contributed by atoms with Crippen LogP contribution in [0.4, 0.5) is 0 Å². The molecule has 0 radical (unpaired) electrons. The van der Waals surface area contributed by atoms with Crippen LogP contribution in [0.25, 0.3) is 12.2 Å². The molecule has 0 spiro atoms. The van der Waals surface area contributed by atoms with Crippen molar-refractivity contribution in [1.82, 2.24) is 0 Å². The molecule has 0 aromatic heterocycles. The van der Waals surface area contributed by atoms with E-state index in [1.807, 2.05) is 0 Å². The highest BCUT2D eigenvalue weighted by Crippen LogP contribution is 2.52. The summed E-state index contributed by atoms with van der Waals surface area (Å²) >= 11 is 0. The van der Waals surface area contributed by atoms with Crippen molar-refractivity contribution in [1.29, 1.82) is 0 Å². The molecule has 0 amide bonds. The summed E-state index contributed by atoms with van der Waals surface area (Å²) < 4.78 is 88.9. The second-order valence-electron chi connectivity index (χ2n) is 10.0. The van der Waals surface area contributed by atoms with Gasteiger partial charge >= 0.3 is 23.5 Å². The first-order chi connectivity index (χ1) is 24.1. The lowest BCUT2D eigenvalue weighted by molar-refractivity contribution is 0.246. The van der Waals surface area contributed by atoms with Gasteiger partial charge in [0.15, 0.2) is 0 Å². The van der Waals surface area contributed by atoms with E-state index in [1.54, 1.807) is 140 Å². The third-order valence-electron chi connectivity index (χ3n) is 6.45. The molecule has 0 saturated carbocycles. The van der Waals surface area contributed by atoms with Crippen molar-refractivity contribution in [2.24, 2.45) is 0 Å². The van der Waals surface area contributed by atoms with Gasteiger partial charge in [0, 0.05) is 27.4 Å². The third kappa shape index (κ3) is 10.6. The highest BCUT2D eigenvalue weighted by Gasteiger charge is 2.32. The standard InChI is InChI=1S/C35H33O12P3/c1-39-48(36,42-30-13-7-4-8-14-30)45-33-23-21-28(22-24-33)19-20-29-25-34(46-49(37,40-2)43-31-15-9-5-10-16-31)27-35(26-29)47-50(38,41-3)44-32-17-11-6-12-18-32/h4-27H,1-3H3/b20-19+. The minimum atomic E-state index is -4.19. The zero-order chi connectivity index (χ0) is 35.5. The molecule has 0 bridgehead atoms. The van der Waals surface area contributed by atoms with E-state index in [9.17, 15) is 13.7 Å². The number of phosphoric ester groups is 3. The fourth-order valence-electron chi connectivity index (χ4n) is 4.13. The van der Waals surface area contributed by atoms with E-state index in [4.69, 9.17) is 40.7 Å². The Kier molecular flexibility index (Phi) is 12.2. The maximum absolute atomic E-state index is 13.5. The fraction of sp³-hybridized carbons (Fsp3) is 0.0857. The molecular weight excluding hydrogens is 705 g/mol. The van der Waals surface area contributed by atoms with Gasteiger partial charge in [-0.3, -0.25) is 13.6 Å². The van der Waals surface area contributed by atoms with Crippen LogP contribution in [0.1, 0.15) is 11.1 Å². The molecule has 0 saturated heterocycles. The number of rotatable bonds is 17. The van der Waals surface area contributed by atoms with Gasteiger partial charge in [-0.2, -0.15) is 0 Å². The molecule has 15 heteroatoms. The van der Waals surface area contributed by atoms with Crippen molar-refractivity contribution in [2.45, 2.75) is 0 Å². The predicted octanol–water partition coefficient (Wildman–Crippen LogP) is 10.5. The van der Waals surface area contributed by atoms with Crippen molar-refractivity contribution in [3.05, 3.63) is 145 Å². The SMILES string of the molecule is COP(=O)(Oc1ccccc1)Oc1ccc(/C=C/c2cc(OP(=O)(OC)Oc3ccccc3)cc(OP(=O)(OC)Oc3ccccc3)c2)cc1. The summed E-state index contributed by atoms with van der Waals surface area (Å²) in [7, 11) is -8.73. The molecule has 50 heavy (non-hydrogen) atoms. The number of hydrogen-bond donors (Lipinski definition) is 0. The number of para-hydroxylation sites is 3. The van der Waals surface area contributed by atoms with E-state index in [1.165, 1.54) is 27.4 Å². The smallest absolute Gasteiger partial charge is 0.395 e. The maximum Gasteiger partial charge on any atom is 0.587 e. The average molecular weight is 739 g/mol. The first-order valence-corrected chi connectivity index (χ1v) is 19.2. The largest absolute Gasteiger partial charge is 0.587 e. The van der Waals surface area contributed by atoms with Crippen molar-refractivity contribution >= 4 is 35.6 Å². The predicted molar refractivity (Wildman–Crippen MR) is 189 cm³/mol. The van der Waals surface area contributed by atoms with Gasteiger partial charge in [-0.25, -0.2) is 13.7 Å². The molecule has 0 fully saturated rings. The topological polar surface area (TPSA) is 134 Å². The quantitative estimate of drug-likeness (QED) is 0.0663. The Morgan fingerprint density at radius 2 is 0.660 bits per heavy atom. The molecule has 12 nitrogen and oxygen atoms in total. The van der Waals surface area contributed by atoms with Crippen LogP contribution < -0.4 is 27.1 Å². The Labute approximate surface area is 289 Å². The van der Waals surface area contributed by atoms with E-state index in [2.05, 4.69) is 0 Å². The Balaban J connectivity index is 1.39. The number of hydrogen-bond acceptors (Lipinski definition) is 12. The molecule has 5 aromatic carbocycles. The maximum atomic E-state index is 13.5. The van der Waals surface area contributed by atoms with Crippen LogP contribution in [0.3, 0.4) is 0 Å². The second-order valence-corrected chi connectivity index (χ2v) is 14.9. The summed E-state index contributed by atoms with van der Waals surface area (Å²) in [5.74, 6) is 1.09. The molecule has 0 aliphatic rings. The molecular formula is C35H33O12P3. The molecule has 5 rings (SSSR count). The first kappa shape index (κ1) is 36.5. The summed E-state index contributed by atoms with van der Waals surface area (Å²) in [6.07, 6.45) is 3.44. The van der Waals surface area contributed by atoms with Gasteiger partial charge in [0.2, 0.25) is 0 Å². The monoisotopic (exact) mass is 738 g/mol. The molecule has 5 aromatic rings. The zero-order valence-electron chi connectivity index (χ0n) is 27.1. The average Bonchev–Trinajstić information content (AvgIpc) is 3.12. The van der Waals surface area contributed by atoms with Crippen LogP contribution in [0, 0.1) is 0 Å². The van der Waals surface area contributed by atoms with E-state index >= 15 is 0 Å². The number of phosphoric acid groups is 3. The Morgan fingerprint density at radius 3 is 1.00 bits per heavy atom. The first-order valence-electron chi connectivity index (χ1n) is 14.8. The lowest BCUT2D eigenvalue weighted by atomic mass is 10.1. The van der Waals surface area contributed by atoms with Gasteiger partial charge in [-0.15, -0.1) is 0 Å². The summed E-state index contributed by atoms with van der Waals surface area (Å²) in [4.78, 5) is 0. The minimum absolute atomic E-state index is 0.00288. The second kappa shape index (κ2) is 16.7. The molecule has 3 unspecified atom stereocenters. The van der Waals surface area contributed by atoms with E-state index in [0.717, 1.165) is 0 Å². The van der Waals surface area contributed by atoms with Crippen LogP contribution in [0.2, 0.25) is 0 Å². The lowest BCUT2D eigenvalue weighted by Gasteiger charge is -2.20. The van der Waals surface area contributed by atoms with Crippen molar-refractivity contribution in [3.63, 3.8) is 0 Å². The summed E-state index contributed by atoms with van der Waals surface area (Å²) in [6.45, 7) is 0. The third-order valence-corrected chi connectivity index (χ3v) is 10.4. The van der Waals surface area contributed by atoms with E-state index in [0.29, 0.717) is 16.9 Å². The lowest BCUT2D eigenvalue weighted by Crippen LogP contribution is -2.05. The van der Waals surface area contributed by atoms with Gasteiger partial charge in [-0.05, 0) is 71.8 Å². The fourth-order valence-corrected chi connectivity index (χ4v) is 6.93. The molecule has 0 aliphatic heterocycles. The van der Waals surface area contributed by atoms with Gasteiger partial charge in [0.05, 0.1) is 0 Å². The Bertz CT molecular complexity index is 1920. The summed E-state index contributed by atoms with van der Waals surface area (Å²) in [5.41, 5.74) is 1.19. The van der Waals surface area contributed by atoms with Gasteiger partial charge in [-0.1, -0.05) is 78.9 Å². The normalized spacial score (nSPS) is 14.8. The van der Waals surface area contributed by atoms with Crippen molar-refractivity contribution in [2.75, 3.05) is 21.3 Å². The van der Waals surface area contributed by atoms with Gasteiger partial charge in [0.1, 0.15) is 34.5 Å². The molecule has 0 heterocycles. The Morgan fingerprint density at radius 1 is 0.360 bits per heavy atom. The Hall–Kier alpha value is -4.79. The van der Waals surface area contributed by atoms with Crippen molar-refractivity contribution in [3.8, 4) is 34.5 Å². The van der Waals surface area contributed by atoms with Crippen LogP contribution in [0.15, 0.2) is 133 Å². The number of benzene rings is 5. The van der Waals surface area contributed by atoms with Gasteiger partial charge < -0.3 is 27.1 Å². The zero-order valence-corrected chi connectivity index (χ0v) is 29.8. The van der Waals surface area contributed by atoms with Crippen LogP contribution in [-0.4, -0.2) is 21.3 Å². The highest BCUT2D eigenvalue weighted by molar-refractivity contribution is 7.50. The van der Waals surface area contributed by atoms with Crippen LogP contribution in [0.5, 0.6) is 34.5 Å². The van der Waals surface area contributed by atoms with E-state index < -0.39 is 23.5 Å².